The minimum Gasteiger partial charge on any atom is -0.445 e. The van der Waals surface area contributed by atoms with Crippen LogP contribution in [-0.4, -0.2) is 32.2 Å². The van der Waals surface area contributed by atoms with E-state index in [4.69, 9.17) is 4.74 Å². The minimum absolute atomic E-state index is 0.0790. The molecule has 0 saturated carbocycles. The van der Waals surface area contributed by atoms with Gasteiger partial charge in [0.05, 0.1) is 10.6 Å². The third-order valence-corrected chi connectivity index (χ3v) is 7.20. The lowest BCUT2D eigenvalue weighted by Gasteiger charge is -2.22. The number of carbonyl (C=O) groups excluding carboxylic acids is 2. The van der Waals surface area contributed by atoms with Crippen LogP contribution in [0.25, 0.3) is 0 Å². The second-order valence-electron chi connectivity index (χ2n) is 8.90. The molecule has 2 amide bonds. The van der Waals surface area contributed by atoms with E-state index in [1.807, 2.05) is 74.5 Å². The van der Waals surface area contributed by atoms with Gasteiger partial charge in [0.15, 0.2) is 9.84 Å². The molecule has 0 aliphatic rings. The molecule has 0 spiro atoms. The van der Waals surface area contributed by atoms with Crippen LogP contribution in [0.2, 0.25) is 0 Å². The fraction of sp³-hybridized carbons (Fsp3) is 0.241. The van der Waals surface area contributed by atoms with Gasteiger partial charge in [-0.3, -0.25) is 4.79 Å². The molecule has 2 N–H and O–H groups in total. The van der Waals surface area contributed by atoms with Crippen molar-refractivity contribution in [1.82, 2.24) is 10.6 Å². The Kier molecular flexibility index (Phi) is 10.0. The monoisotopic (exact) mass is 520 g/mol. The Morgan fingerprint density at radius 1 is 0.838 bits per heavy atom. The van der Waals surface area contributed by atoms with Crippen LogP contribution in [0.15, 0.2) is 108 Å². The average molecular weight is 521 g/mol. The summed E-state index contributed by atoms with van der Waals surface area (Å²) in [5.74, 6) is -0.973. The molecule has 0 radical (unpaired) electrons. The van der Waals surface area contributed by atoms with Crippen LogP contribution in [0.4, 0.5) is 4.79 Å². The normalized spacial score (nSPS) is 12.6. The fourth-order valence-corrected chi connectivity index (χ4v) is 4.77. The SMILES string of the molecule is CC(C)[C@H](NC(=O)OCc1ccccc1)C(=O)N/C(=C\CS(=O)(=O)c1ccccc1)Cc1ccccc1. The molecule has 0 saturated heterocycles. The molecule has 0 aliphatic carbocycles. The lowest BCUT2D eigenvalue weighted by atomic mass is 10.0. The Bertz CT molecular complexity index is 1290. The first-order valence-electron chi connectivity index (χ1n) is 12.0. The van der Waals surface area contributed by atoms with E-state index in [2.05, 4.69) is 10.6 Å². The van der Waals surface area contributed by atoms with E-state index in [0.717, 1.165) is 11.1 Å². The topological polar surface area (TPSA) is 102 Å². The van der Waals surface area contributed by atoms with Crippen molar-refractivity contribution in [3.8, 4) is 0 Å². The van der Waals surface area contributed by atoms with E-state index >= 15 is 0 Å². The van der Waals surface area contributed by atoms with Crippen molar-refractivity contribution in [1.29, 1.82) is 0 Å². The van der Waals surface area contributed by atoms with Gasteiger partial charge in [0.25, 0.3) is 0 Å². The second kappa shape index (κ2) is 13.4. The summed E-state index contributed by atoms with van der Waals surface area (Å²) >= 11 is 0. The summed E-state index contributed by atoms with van der Waals surface area (Å²) in [7, 11) is -3.59. The molecule has 8 heteroatoms. The molecule has 37 heavy (non-hydrogen) atoms. The summed E-state index contributed by atoms with van der Waals surface area (Å²) in [5, 5.41) is 5.47. The average Bonchev–Trinajstić information content (AvgIpc) is 2.90. The third-order valence-electron chi connectivity index (χ3n) is 5.61. The Morgan fingerprint density at radius 3 is 1.95 bits per heavy atom. The summed E-state index contributed by atoms with van der Waals surface area (Å²) in [5.41, 5.74) is 2.17. The van der Waals surface area contributed by atoms with E-state index in [1.165, 1.54) is 6.08 Å². The van der Waals surface area contributed by atoms with Gasteiger partial charge in [-0.15, -0.1) is 0 Å². The van der Waals surface area contributed by atoms with Gasteiger partial charge in [0, 0.05) is 12.1 Å². The van der Waals surface area contributed by atoms with Crippen molar-refractivity contribution >= 4 is 21.8 Å². The molecule has 7 nitrogen and oxygen atoms in total. The summed E-state index contributed by atoms with van der Waals surface area (Å²) in [6, 6.07) is 25.9. The molecular weight excluding hydrogens is 488 g/mol. The zero-order valence-electron chi connectivity index (χ0n) is 21.0. The van der Waals surface area contributed by atoms with Crippen LogP contribution < -0.4 is 10.6 Å². The number of carbonyl (C=O) groups is 2. The number of alkyl carbamates (subject to hydrolysis) is 1. The highest BCUT2D eigenvalue weighted by Crippen LogP contribution is 2.13. The van der Waals surface area contributed by atoms with Crippen LogP contribution in [-0.2, 0) is 32.4 Å². The first-order chi connectivity index (χ1) is 17.7. The number of benzene rings is 3. The van der Waals surface area contributed by atoms with Crippen molar-refractivity contribution < 1.29 is 22.7 Å². The van der Waals surface area contributed by atoms with Crippen LogP contribution in [0, 0.1) is 5.92 Å². The van der Waals surface area contributed by atoms with Crippen LogP contribution >= 0.6 is 0 Å². The molecule has 1 atom stereocenters. The number of allylic oxidation sites excluding steroid dienone is 1. The number of hydrogen-bond acceptors (Lipinski definition) is 5. The minimum atomic E-state index is -3.59. The molecule has 3 aromatic rings. The maximum absolute atomic E-state index is 13.2. The van der Waals surface area contributed by atoms with Crippen LogP contribution in [0.3, 0.4) is 0 Å². The highest BCUT2D eigenvalue weighted by atomic mass is 32.2. The molecule has 0 bridgehead atoms. The molecular formula is C29H32N2O5S. The first-order valence-corrected chi connectivity index (χ1v) is 13.7. The van der Waals surface area contributed by atoms with Gasteiger partial charge in [0.1, 0.15) is 12.6 Å². The molecule has 0 heterocycles. The largest absolute Gasteiger partial charge is 0.445 e. The summed E-state index contributed by atoms with van der Waals surface area (Å²) in [4.78, 5) is 25.8. The number of hydrogen-bond donors (Lipinski definition) is 2. The van der Waals surface area contributed by atoms with E-state index in [1.54, 1.807) is 30.3 Å². The lowest BCUT2D eigenvalue weighted by Crippen LogP contribution is -2.49. The van der Waals surface area contributed by atoms with Gasteiger partial charge in [-0.2, -0.15) is 0 Å². The summed E-state index contributed by atoms with van der Waals surface area (Å²) < 4.78 is 30.9. The van der Waals surface area contributed by atoms with Crippen molar-refractivity contribution in [2.45, 2.75) is 37.8 Å². The van der Waals surface area contributed by atoms with Gasteiger partial charge in [-0.25, -0.2) is 13.2 Å². The predicted molar refractivity (Wildman–Crippen MR) is 143 cm³/mol. The Labute approximate surface area is 218 Å². The highest BCUT2D eigenvalue weighted by Gasteiger charge is 2.26. The number of nitrogens with one attached hydrogen (secondary N) is 2. The number of rotatable bonds is 11. The van der Waals surface area contributed by atoms with E-state index in [0.29, 0.717) is 12.1 Å². The van der Waals surface area contributed by atoms with E-state index in [9.17, 15) is 18.0 Å². The zero-order chi connectivity index (χ0) is 26.7. The fourth-order valence-electron chi connectivity index (χ4n) is 3.58. The Balaban J connectivity index is 1.72. The molecule has 0 unspecified atom stereocenters. The summed E-state index contributed by atoms with van der Waals surface area (Å²) in [6.45, 7) is 3.69. The molecule has 3 rings (SSSR count). The standard InChI is InChI=1S/C29H32N2O5S/c1-22(2)27(31-29(33)36-21-24-14-8-4-9-15-24)28(32)30-25(20-23-12-6-3-7-13-23)18-19-37(34,35)26-16-10-5-11-17-26/h3-18,22,27H,19-21H2,1-2H3,(H,30,32)(H,31,33)/b25-18-/t27-/m0/s1. The van der Waals surface area contributed by atoms with Gasteiger partial charge in [-0.1, -0.05) is 92.7 Å². The van der Waals surface area contributed by atoms with Crippen molar-refractivity contribution in [3.05, 3.63) is 114 Å². The molecule has 3 aromatic carbocycles. The Morgan fingerprint density at radius 2 is 1.38 bits per heavy atom. The van der Waals surface area contributed by atoms with Crippen molar-refractivity contribution in [2.75, 3.05) is 5.75 Å². The Hall–Kier alpha value is -3.91. The lowest BCUT2D eigenvalue weighted by molar-refractivity contribution is -0.123. The van der Waals surface area contributed by atoms with Crippen LogP contribution in [0.5, 0.6) is 0 Å². The smallest absolute Gasteiger partial charge is 0.408 e. The number of ether oxygens (including phenoxy) is 1. The van der Waals surface area contributed by atoms with Crippen molar-refractivity contribution in [3.63, 3.8) is 0 Å². The first kappa shape index (κ1) is 27.7. The van der Waals surface area contributed by atoms with Gasteiger partial charge >= 0.3 is 6.09 Å². The van der Waals surface area contributed by atoms with Gasteiger partial charge < -0.3 is 15.4 Å². The van der Waals surface area contributed by atoms with Gasteiger partial charge in [-0.05, 0) is 35.3 Å². The summed E-state index contributed by atoms with van der Waals surface area (Å²) in [6.07, 6.45) is 1.12. The third kappa shape index (κ3) is 8.91. The van der Waals surface area contributed by atoms with E-state index in [-0.39, 0.29) is 23.2 Å². The maximum atomic E-state index is 13.2. The molecule has 0 fully saturated rings. The van der Waals surface area contributed by atoms with E-state index < -0.39 is 27.9 Å². The zero-order valence-corrected chi connectivity index (χ0v) is 21.8. The second-order valence-corrected chi connectivity index (χ2v) is 10.9. The highest BCUT2D eigenvalue weighted by molar-refractivity contribution is 7.91. The van der Waals surface area contributed by atoms with Crippen LogP contribution in [0.1, 0.15) is 25.0 Å². The number of amides is 2. The molecule has 194 valence electrons. The van der Waals surface area contributed by atoms with Gasteiger partial charge in [0.2, 0.25) is 5.91 Å². The number of sulfone groups is 1. The maximum Gasteiger partial charge on any atom is 0.408 e. The predicted octanol–water partition coefficient (Wildman–Crippen LogP) is 4.65. The molecule has 0 aliphatic heterocycles. The van der Waals surface area contributed by atoms with Crippen molar-refractivity contribution in [2.24, 2.45) is 5.92 Å². The molecule has 0 aromatic heterocycles. The quantitative estimate of drug-likeness (QED) is 0.383.